The highest BCUT2D eigenvalue weighted by atomic mass is 16.3. The number of carbonyl (C=O) groups is 1. The molecule has 0 N–H and O–H groups in total. The van der Waals surface area contributed by atoms with Gasteiger partial charge >= 0.3 is 0 Å². The third-order valence-electron chi connectivity index (χ3n) is 2.02. The second-order valence-electron chi connectivity index (χ2n) is 3.05. The molecule has 0 radical (unpaired) electrons. The zero-order valence-electron chi connectivity index (χ0n) is 8.25. The van der Waals surface area contributed by atoms with Gasteiger partial charge in [0.2, 0.25) is 5.78 Å². The molecule has 2 aromatic rings. The SMILES string of the molecule is Cn1nccc1C(=O)C=Cc1ccco1. The molecule has 0 bridgehead atoms. The first-order chi connectivity index (χ1) is 7.27. The van der Waals surface area contributed by atoms with Crippen molar-refractivity contribution in [2.24, 2.45) is 7.05 Å². The molecule has 2 heterocycles. The Bertz CT molecular complexity index is 480. The highest BCUT2D eigenvalue weighted by Crippen LogP contribution is 2.05. The first kappa shape index (κ1) is 9.45. The zero-order chi connectivity index (χ0) is 10.7. The van der Waals surface area contributed by atoms with Gasteiger partial charge in [-0.25, -0.2) is 0 Å². The molecule has 0 aliphatic rings. The number of rotatable bonds is 3. The van der Waals surface area contributed by atoms with Crippen molar-refractivity contribution in [2.45, 2.75) is 0 Å². The van der Waals surface area contributed by atoms with Crippen molar-refractivity contribution in [1.82, 2.24) is 9.78 Å². The summed E-state index contributed by atoms with van der Waals surface area (Å²) in [5.41, 5.74) is 0.554. The molecule has 0 saturated carbocycles. The first-order valence-electron chi connectivity index (χ1n) is 4.51. The summed E-state index contributed by atoms with van der Waals surface area (Å²) >= 11 is 0. The Labute approximate surface area is 86.8 Å². The number of ketones is 1. The van der Waals surface area contributed by atoms with E-state index in [1.165, 1.54) is 10.8 Å². The van der Waals surface area contributed by atoms with Gasteiger partial charge < -0.3 is 4.42 Å². The molecule has 0 saturated heterocycles. The molecule has 0 aromatic carbocycles. The Hall–Kier alpha value is -2.10. The molecule has 76 valence electrons. The van der Waals surface area contributed by atoms with Crippen LogP contribution in [0.1, 0.15) is 16.2 Å². The molecule has 0 fully saturated rings. The van der Waals surface area contributed by atoms with Crippen LogP contribution in [0.3, 0.4) is 0 Å². The van der Waals surface area contributed by atoms with Crippen molar-refractivity contribution in [2.75, 3.05) is 0 Å². The van der Waals surface area contributed by atoms with Gasteiger partial charge in [0, 0.05) is 13.2 Å². The Balaban J connectivity index is 2.14. The fourth-order valence-electron chi connectivity index (χ4n) is 1.24. The molecule has 0 amide bonds. The maximum Gasteiger partial charge on any atom is 0.203 e. The third-order valence-corrected chi connectivity index (χ3v) is 2.02. The van der Waals surface area contributed by atoms with Crippen LogP contribution in [0.25, 0.3) is 6.08 Å². The van der Waals surface area contributed by atoms with Crippen LogP contribution in [0.4, 0.5) is 0 Å². The number of carbonyl (C=O) groups excluding carboxylic acids is 1. The van der Waals surface area contributed by atoms with Crippen molar-refractivity contribution in [3.05, 3.63) is 48.2 Å². The first-order valence-corrected chi connectivity index (χ1v) is 4.51. The Morgan fingerprint density at radius 3 is 3.00 bits per heavy atom. The van der Waals surface area contributed by atoms with Gasteiger partial charge in [-0.05, 0) is 30.4 Å². The maximum absolute atomic E-state index is 11.6. The van der Waals surface area contributed by atoms with Crippen molar-refractivity contribution in [3.63, 3.8) is 0 Å². The van der Waals surface area contributed by atoms with Crippen molar-refractivity contribution >= 4 is 11.9 Å². The summed E-state index contributed by atoms with van der Waals surface area (Å²) in [5.74, 6) is 0.567. The number of aryl methyl sites for hydroxylation is 1. The topological polar surface area (TPSA) is 48.0 Å². The van der Waals surface area contributed by atoms with E-state index in [4.69, 9.17) is 4.42 Å². The van der Waals surface area contributed by atoms with Crippen LogP contribution in [-0.2, 0) is 7.05 Å². The van der Waals surface area contributed by atoms with E-state index in [1.807, 2.05) is 0 Å². The zero-order valence-corrected chi connectivity index (χ0v) is 8.25. The Morgan fingerprint density at radius 2 is 2.40 bits per heavy atom. The lowest BCUT2D eigenvalue weighted by molar-refractivity contribution is 0.103. The monoisotopic (exact) mass is 202 g/mol. The van der Waals surface area contributed by atoms with E-state index in [1.54, 1.807) is 43.8 Å². The summed E-state index contributed by atoms with van der Waals surface area (Å²) in [6.07, 6.45) is 6.26. The van der Waals surface area contributed by atoms with Crippen molar-refractivity contribution < 1.29 is 9.21 Å². The van der Waals surface area contributed by atoms with E-state index < -0.39 is 0 Å². The van der Waals surface area contributed by atoms with Crippen LogP contribution in [0.15, 0.2) is 41.2 Å². The second-order valence-corrected chi connectivity index (χ2v) is 3.05. The summed E-state index contributed by atoms with van der Waals surface area (Å²) in [6.45, 7) is 0. The number of nitrogens with zero attached hydrogens (tertiary/aromatic N) is 2. The van der Waals surface area contributed by atoms with Crippen molar-refractivity contribution in [1.29, 1.82) is 0 Å². The highest BCUT2D eigenvalue weighted by Gasteiger charge is 2.05. The minimum atomic E-state index is -0.0913. The molecule has 4 nitrogen and oxygen atoms in total. The van der Waals surface area contributed by atoms with Crippen LogP contribution >= 0.6 is 0 Å². The van der Waals surface area contributed by atoms with Gasteiger partial charge in [-0.2, -0.15) is 5.10 Å². The standard InChI is InChI=1S/C11H10N2O2/c1-13-10(6-7-12-13)11(14)5-4-9-3-2-8-15-9/h2-8H,1H3. The minimum Gasteiger partial charge on any atom is -0.465 e. The number of allylic oxidation sites excluding steroid dienone is 1. The van der Waals surface area contributed by atoms with Gasteiger partial charge in [0.25, 0.3) is 0 Å². The van der Waals surface area contributed by atoms with E-state index in [9.17, 15) is 4.79 Å². The quantitative estimate of drug-likeness (QED) is 0.564. The smallest absolute Gasteiger partial charge is 0.203 e. The van der Waals surface area contributed by atoms with Crippen LogP contribution in [0.2, 0.25) is 0 Å². The molecule has 2 aromatic heterocycles. The minimum absolute atomic E-state index is 0.0913. The Kier molecular flexibility index (Phi) is 2.49. The normalized spacial score (nSPS) is 11.0. The number of hydrogen-bond donors (Lipinski definition) is 0. The molecule has 0 unspecified atom stereocenters. The van der Waals surface area contributed by atoms with E-state index in [0.717, 1.165) is 0 Å². The van der Waals surface area contributed by atoms with Gasteiger partial charge in [0.1, 0.15) is 11.5 Å². The third kappa shape index (κ3) is 2.04. The van der Waals surface area contributed by atoms with Gasteiger partial charge in [-0.3, -0.25) is 9.48 Å². The van der Waals surface area contributed by atoms with Gasteiger partial charge in [-0.15, -0.1) is 0 Å². The lowest BCUT2D eigenvalue weighted by Crippen LogP contribution is -2.03. The average molecular weight is 202 g/mol. The van der Waals surface area contributed by atoms with E-state index in [2.05, 4.69) is 5.10 Å². The van der Waals surface area contributed by atoms with E-state index in [-0.39, 0.29) is 5.78 Å². The molecule has 0 aliphatic heterocycles. The van der Waals surface area contributed by atoms with Crippen molar-refractivity contribution in [3.8, 4) is 0 Å². The molecular weight excluding hydrogens is 192 g/mol. The molecule has 15 heavy (non-hydrogen) atoms. The molecule has 0 atom stereocenters. The second kappa shape index (κ2) is 3.96. The molecule has 0 aliphatic carbocycles. The fraction of sp³-hybridized carbons (Fsp3) is 0.0909. The molecule has 4 heteroatoms. The average Bonchev–Trinajstić information content (AvgIpc) is 2.84. The van der Waals surface area contributed by atoms with E-state index >= 15 is 0 Å². The lowest BCUT2D eigenvalue weighted by atomic mass is 10.2. The largest absolute Gasteiger partial charge is 0.465 e. The summed E-state index contributed by atoms with van der Waals surface area (Å²) in [5, 5.41) is 3.92. The molecule has 2 rings (SSSR count). The molecule has 0 spiro atoms. The van der Waals surface area contributed by atoms with Crippen LogP contribution in [-0.4, -0.2) is 15.6 Å². The number of furan rings is 1. The maximum atomic E-state index is 11.6. The summed E-state index contributed by atoms with van der Waals surface area (Å²) in [4.78, 5) is 11.6. The van der Waals surface area contributed by atoms with E-state index in [0.29, 0.717) is 11.5 Å². The summed E-state index contributed by atoms with van der Waals surface area (Å²) in [7, 11) is 1.73. The fourth-order valence-corrected chi connectivity index (χ4v) is 1.24. The van der Waals surface area contributed by atoms with Crippen LogP contribution < -0.4 is 0 Å². The van der Waals surface area contributed by atoms with Crippen LogP contribution in [0.5, 0.6) is 0 Å². The predicted octanol–water partition coefficient (Wildman–Crippen LogP) is 1.91. The number of aromatic nitrogens is 2. The summed E-state index contributed by atoms with van der Waals surface area (Å²) in [6, 6.07) is 5.23. The lowest BCUT2D eigenvalue weighted by Gasteiger charge is -1.94. The molecular formula is C11H10N2O2. The van der Waals surface area contributed by atoms with Gasteiger partial charge in [-0.1, -0.05) is 0 Å². The Morgan fingerprint density at radius 1 is 1.53 bits per heavy atom. The van der Waals surface area contributed by atoms with Crippen LogP contribution in [0, 0.1) is 0 Å². The predicted molar refractivity (Wildman–Crippen MR) is 55.3 cm³/mol. The summed E-state index contributed by atoms with van der Waals surface area (Å²) < 4.78 is 6.61. The van der Waals surface area contributed by atoms with Gasteiger partial charge in [0.05, 0.1) is 6.26 Å². The van der Waals surface area contributed by atoms with Gasteiger partial charge in [0.15, 0.2) is 0 Å². The number of hydrogen-bond acceptors (Lipinski definition) is 3. The highest BCUT2D eigenvalue weighted by molar-refractivity contribution is 6.05.